The first kappa shape index (κ1) is 22.4. The predicted molar refractivity (Wildman–Crippen MR) is 109 cm³/mol. The number of ether oxygens (including phenoxy) is 1. The third-order valence-corrected chi connectivity index (χ3v) is 6.02. The van der Waals surface area contributed by atoms with Gasteiger partial charge in [-0.1, -0.05) is 11.8 Å². The molecule has 30 heavy (non-hydrogen) atoms. The van der Waals surface area contributed by atoms with Gasteiger partial charge in [-0.25, -0.2) is 9.97 Å². The van der Waals surface area contributed by atoms with Crippen molar-refractivity contribution in [3.8, 4) is 17.0 Å². The van der Waals surface area contributed by atoms with Crippen molar-refractivity contribution in [3.05, 3.63) is 36.0 Å². The minimum Gasteiger partial charge on any atom is -0.497 e. The zero-order chi connectivity index (χ0) is 21.9. The standard InChI is InChI=1S/C21H24F3N3O2S/c1-13-5-4-6-14(2)27(13)19(28)12-30-20-25-17(11-18(26-20)21(22,23)24)15-7-9-16(29-3)10-8-15/h7-11,13-14H,4-6,12H2,1-3H3/t13-,14+. The average molecular weight is 440 g/mol. The Kier molecular flexibility index (Phi) is 6.90. The summed E-state index contributed by atoms with van der Waals surface area (Å²) < 4.78 is 45.2. The lowest BCUT2D eigenvalue weighted by atomic mass is 9.98. The second-order valence-electron chi connectivity index (χ2n) is 7.37. The molecule has 0 unspecified atom stereocenters. The van der Waals surface area contributed by atoms with Gasteiger partial charge in [-0.05, 0) is 63.4 Å². The zero-order valence-electron chi connectivity index (χ0n) is 17.1. The number of thioether (sulfide) groups is 1. The van der Waals surface area contributed by atoms with Crippen molar-refractivity contribution in [2.24, 2.45) is 0 Å². The second-order valence-corrected chi connectivity index (χ2v) is 8.31. The van der Waals surface area contributed by atoms with E-state index in [4.69, 9.17) is 4.74 Å². The van der Waals surface area contributed by atoms with E-state index < -0.39 is 11.9 Å². The van der Waals surface area contributed by atoms with E-state index in [-0.39, 0.29) is 34.6 Å². The number of hydrogen-bond donors (Lipinski definition) is 0. The molecule has 2 heterocycles. The van der Waals surface area contributed by atoms with Gasteiger partial charge in [0, 0.05) is 17.6 Å². The Bertz CT molecular complexity index is 880. The fourth-order valence-corrected chi connectivity index (χ4v) is 4.39. The van der Waals surface area contributed by atoms with E-state index in [1.165, 1.54) is 7.11 Å². The summed E-state index contributed by atoms with van der Waals surface area (Å²) in [6.07, 6.45) is -1.68. The summed E-state index contributed by atoms with van der Waals surface area (Å²) in [6, 6.07) is 7.75. The molecule has 1 aromatic carbocycles. The molecule has 2 aromatic rings. The van der Waals surface area contributed by atoms with E-state index in [2.05, 4.69) is 9.97 Å². The van der Waals surface area contributed by atoms with Crippen molar-refractivity contribution >= 4 is 17.7 Å². The van der Waals surface area contributed by atoms with E-state index in [0.717, 1.165) is 37.1 Å². The predicted octanol–water partition coefficient (Wildman–Crippen LogP) is 5.05. The first-order valence-electron chi connectivity index (χ1n) is 9.73. The van der Waals surface area contributed by atoms with Gasteiger partial charge in [0.25, 0.3) is 0 Å². The highest BCUT2D eigenvalue weighted by Crippen LogP contribution is 2.33. The minimum atomic E-state index is -4.61. The first-order valence-corrected chi connectivity index (χ1v) is 10.7. The lowest BCUT2D eigenvalue weighted by Crippen LogP contribution is -2.48. The van der Waals surface area contributed by atoms with Gasteiger partial charge < -0.3 is 9.64 Å². The normalized spacial score (nSPS) is 19.6. The third-order valence-electron chi connectivity index (χ3n) is 5.19. The number of nitrogens with zero attached hydrogens (tertiary/aromatic N) is 3. The molecule has 3 rings (SSSR count). The molecule has 1 aliphatic heterocycles. The summed E-state index contributed by atoms with van der Waals surface area (Å²) in [7, 11) is 1.51. The Morgan fingerprint density at radius 3 is 2.37 bits per heavy atom. The number of amides is 1. The Labute approximate surface area is 178 Å². The molecule has 1 amide bonds. The summed E-state index contributed by atoms with van der Waals surface area (Å²) in [4.78, 5) is 22.5. The van der Waals surface area contributed by atoms with Crippen LogP contribution in [0.5, 0.6) is 5.75 Å². The Hall–Kier alpha value is -2.29. The van der Waals surface area contributed by atoms with Crippen molar-refractivity contribution in [2.75, 3.05) is 12.9 Å². The van der Waals surface area contributed by atoms with Gasteiger partial charge in [0.15, 0.2) is 5.16 Å². The van der Waals surface area contributed by atoms with Gasteiger partial charge in [-0.15, -0.1) is 0 Å². The number of hydrogen-bond acceptors (Lipinski definition) is 5. The Morgan fingerprint density at radius 1 is 1.17 bits per heavy atom. The van der Waals surface area contributed by atoms with Crippen LogP contribution < -0.4 is 4.74 Å². The summed E-state index contributed by atoms with van der Waals surface area (Å²) >= 11 is 0.935. The molecule has 0 bridgehead atoms. The number of halogens is 3. The van der Waals surface area contributed by atoms with Crippen molar-refractivity contribution in [1.29, 1.82) is 0 Å². The van der Waals surface area contributed by atoms with Crippen LogP contribution in [0.4, 0.5) is 13.2 Å². The smallest absolute Gasteiger partial charge is 0.433 e. The van der Waals surface area contributed by atoms with Crippen LogP contribution in [-0.4, -0.2) is 45.7 Å². The highest BCUT2D eigenvalue weighted by Gasteiger charge is 2.34. The van der Waals surface area contributed by atoms with Crippen LogP contribution in [0.25, 0.3) is 11.3 Å². The van der Waals surface area contributed by atoms with Gasteiger partial charge >= 0.3 is 6.18 Å². The summed E-state index contributed by atoms with van der Waals surface area (Å²) in [6.45, 7) is 4.00. The average Bonchev–Trinajstić information content (AvgIpc) is 2.71. The molecule has 0 aliphatic carbocycles. The minimum absolute atomic E-state index is 0.00194. The lowest BCUT2D eigenvalue weighted by molar-refractivity contribution is -0.141. The molecule has 1 aromatic heterocycles. The number of piperidine rings is 1. The van der Waals surface area contributed by atoms with E-state index in [9.17, 15) is 18.0 Å². The fraction of sp³-hybridized carbons (Fsp3) is 0.476. The zero-order valence-corrected chi connectivity index (χ0v) is 17.9. The summed E-state index contributed by atoms with van der Waals surface area (Å²) in [5, 5.41) is -0.0682. The van der Waals surface area contributed by atoms with Crippen molar-refractivity contribution in [3.63, 3.8) is 0 Å². The van der Waals surface area contributed by atoms with E-state index >= 15 is 0 Å². The molecule has 9 heteroatoms. The number of methoxy groups -OCH3 is 1. The molecule has 1 fully saturated rings. The van der Waals surface area contributed by atoms with Crippen molar-refractivity contribution in [1.82, 2.24) is 14.9 Å². The highest BCUT2D eigenvalue weighted by molar-refractivity contribution is 7.99. The molecule has 5 nitrogen and oxygen atoms in total. The molecule has 0 saturated carbocycles. The number of likely N-dealkylation sites (tertiary alicyclic amines) is 1. The van der Waals surface area contributed by atoms with Crippen LogP contribution in [0.3, 0.4) is 0 Å². The van der Waals surface area contributed by atoms with Gasteiger partial charge in [-0.3, -0.25) is 4.79 Å². The van der Waals surface area contributed by atoms with Gasteiger partial charge in [0.1, 0.15) is 11.4 Å². The molecule has 1 saturated heterocycles. The maximum atomic E-state index is 13.4. The number of rotatable bonds is 5. The van der Waals surface area contributed by atoms with Crippen LogP contribution >= 0.6 is 11.8 Å². The Balaban J connectivity index is 1.83. The van der Waals surface area contributed by atoms with Crippen LogP contribution in [0.1, 0.15) is 38.8 Å². The van der Waals surface area contributed by atoms with E-state index in [1.807, 2.05) is 18.7 Å². The molecule has 0 radical (unpaired) electrons. The maximum Gasteiger partial charge on any atom is 0.433 e. The van der Waals surface area contributed by atoms with Crippen molar-refractivity contribution in [2.45, 2.75) is 56.5 Å². The highest BCUT2D eigenvalue weighted by atomic mass is 32.2. The lowest BCUT2D eigenvalue weighted by Gasteiger charge is -2.39. The van der Waals surface area contributed by atoms with Crippen LogP contribution in [0.15, 0.2) is 35.5 Å². The summed E-state index contributed by atoms with van der Waals surface area (Å²) in [5.74, 6) is 0.485. The monoisotopic (exact) mass is 439 g/mol. The number of alkyl halides is 3. The molecule has 2 atom stereocenters. The topological polar surface area (TPSA) is 55.3 Å². The molecular weight excluding hydrogens is 415 g/mol. The second kappa shape index (κ2) is 9.24. The number of aromatic nitrogens is 2. The quantitative estimate of drug-likeness (QED) is 0.482. The van der Waals surface area contributed by atoms with E-state index in [0.29, 0.717) is 11.3 Å². The molecule has 0 N–H and O–H groups in total. The van der Waals surface area contributed by atoms with E-state index in [1.54, 1.807) is 24.3 Å². The Morgan fingerprint density at radius 2 is 1.80 bits per heavy atom. The van der Waals surface area contributed by atoms with Crippen LogP contribution in [-0.2, 0) is 11.0 Å². The fourth-order valence-electron chi connectivity index (χ4n) is 3.66. The number of carbonyl (C=O) groups is 1. The molecule has 162 valence electrons. The van der Waals surface area contributed by atoms with Gasteiger partial charge in [0.2, 0.25) is 5.91 Å². The number of benzene rings is 1. The largest absolute Gasteiger partial charge is 0.497 e. The molecule has 1 aliphatic rings. The maximum absolute atomic E-state index is 13.4. The molecule has 0 spiro atoms. The molecular formula is C21H24F3N3O2S. The summed E-state index contributed by atoms with van der Waals surface area (Å²) in [5.41, 5.74) is -0.372. The third kappa shape index (κ3) is 5.24. The van der Waals surface area contributed by atoms with Gasteiger partial charge in [-0.2, -0.15) is 13.2 Å². The van der Waals surface area contributed by atoms with Crippen LogP contribution in [0.2, 0.25) is 0 Å². The SMILES string of the molecule is COc1ccc(-c2cc(C(F)(F)F)nc(SCC(=O)N3[C@H](C)CCC[C@@H]3C)n2)cc1. The first-order chi connectivity index (χ1) is 14.2. The van der Waals surface area contributed by atoms with Gasteiger partial charge in [0.05, 0.1) is 18.6 Å². The van der Waals surface area contributed by atoms with Crippen molar-refractivity contribution < 1.29 is 22.7 Å². The number of carbonyl (C=O) groups excluding carboxylic acids is 1. The van der Waals surface area contributed by atoms with Crippen LogP contribution in [0, 0.1) is 0 Å².